The summed E-state index contributed by atoms with van der Waals surface area (Å²) in [6, 6.07) is 4.50. The van der Waals surface area contributed by atoms with Crippen molar-refractivity contribution in [2.75, 3.05) is 27.2 Å². The highest BCUT2D eigenvalue weighted by Crippen LogP contribution is 2.32. The van der Waals surface area contributed by atoms with Gasteiger partial charge in [0.1, 0.15) is 0 Å². The molecule has 2 saturated heterocycles. The highest BCUT2D eigenvalue weighted by molar-refractivity contribution is 5.78. The molecular weight excluding hydrogens is 379 g/mol. The summed E-state index contributed by atoms with van der Waals surface area (Å²) in [5, 5.41) is 7.12. The van der Waals surface area contributed by atoms with Crippen molar-refractivity contribution >= 4 is 11.9 Å². The standard InChI is InChI=1S/C16H23N3O2.C2HF3O2/c1-18(2)16(20)13-8-15-14(5-7-21-15)19(11-13)10-12-4-3-6-17-9-12;3-2(4,5)1(6)7/h3-4,6,9,13-15H,5,7-8,10-11H2,1-2H3;(H,6,7)/t13-,14+,15+;/m0./s1. The molecule has 3 atom stereocenters. The van der Waals surface area contributed by atoms with Crippen molar-refractivity contribution < 1.29 is 32.6 Å². The third kappa shape index (κ3) is 5.90. The smallest absolute Gasteiger partial charge is 0.475 e. The SMILES string of the molecule is CN(C)C(=O)[C@H]1C[C@H]2OCC[C@H]2N(Cc2cccnc2)C1.O=C(O)C(F)(F)F. The minimum Gasteiger partial charge on any atom is -0.475 e. The van der Waals surface area contributed by atoms with Gasteiger partial charge < -0.3 is 14.7 Å². The Labute approximate surface area is 161 Å². The van der Waals surface area contributed by atoms with E-state index in [9.17, 15) is 18.0 Å². The fourth-order valence-electron chi connectivity index (χ4n) is 3.51. The second kappa shape index (κ2) is 9.33. The van der Waals surface area contributed by atoms with Crippen LogP contribution in [0.3, 0.4) is 0 Å². The number of hydrogen-bond acceptors (Lipinski definition) is 5. The minimum absolute atomic E-state index is 0.0380. The maximum absolute atomic E-state index is 12.3. The van der Waals surface area contributed by atoms with Crippen LogP contribution in [0.1, 0.15) is 18.4 Å². The molecule has 7 nitrogen and oxygen atoms in total. The van der Waals surface area contributed by atoms with Crippen LogP contribution in [-0.2, 0) is 20.9 Å². The van der Waals surface area contributed by atoms with Gasteiger partial charge in [0, 0.05) is 52.2 Å². The van der Waals surface area contributed by atoms with Gasteiger partial charge in [0.2, 0.25) is 5.91 Å². The topological polar surface area (TPSA) is 83.0 Å². The second-order valence-corrected chi connectivity index (χ2v) is 7.02. The third-order valence-electron chi connectivity index (χ3n) is 4.76. The van der Waals surface area contributed by atoms with Crippen LogP contribution in [0, 0.1) is 5.92 Å². The number of halogens is 3. The summed E-state index contributed by atoms with van der Waals surface area (Å²) >= 11 is 0. The predicted molar refractivity (Wildman–Crippen MR) is 93.3 cm³/mol. The number of hydrogen-bond donors (Lipinski definition) is 1. The molecule has 0 aliphatic carbocycles. The van der Waals surface area contributed by atoms with E-state index in [0.717, 1.165) is 32.5 Å². The van der Waals surface area contributed by atoms with E-state index in [2.05, 4.69) is 16.0 Å². The first-order chi connectivity index (χ1) is 13.1. The molecule has 2 aliphatic rings. The van der Waals surface area contributed by atoms with Gasteiger partial charge in [0.05, 0.1) is 12.0 Å². The molecule has 1 aromatic heterocycles. The van der Waals surface area contributed by atoms with Crippen LogP contribution < -0.4 is 0 Å². The summed E-state index contributed by atoms with van der Waals surface area (Å²) in [7, 11) is 3.66. The number of aliphatic carboxylic acids is 1. The van der Waals surface area contributed by atoms with Crippen LogP contribution in [-0.4, -0.2) is 77.3 Å². The molecule has 1 N–H and O–H groups in total. The maximum atomic E-state index is 12.3. The predicted octanol–water partition coefficient (Wildman–Crippen LogP) is 1.78. The molecule has 1 aromatic rings. The van der Waals surface area contributed by atoms with Crippen molar-refractivity contribution in [3.8, 4) is 0 Å². The van der Waals surface area contributed by atoms with Crippen LogP contribution in [0.5, 0.6) is 0 Å². The largest absolute Gasteiger partial charge is 0.490 e. The van der Waals surface area contributed by atoms with Crippen LogP contribution >= 0.6 is 0 Å². The molecule has 28 heavy (non-hydrogen) atoms. The van der Waals surface area contributed by atoms with E-state index >= 15 is 0 Å². The van der Waals surface area contributed by atoms with Crippen LogP contribution in [0.25, 0.3) is 0 Å². The summed E-state index contributed by atoms with van der Waals surface area (Å²) in [5.74, 6) is -2.51. The molecule has 10 heteroatoms. The first-order valence-corrected chi connectivity index (χ1v) is 8.85. The normalized spacial score (nSPS) is 24.7. The summed E-state index contributed by atoms with van der Waals surface area (Å²) in [5.41, 5.74) is 1.20. The first-order valence-electron chi connectivity index (χ1n) is 8.85. The average molecular weight is 403 g/mol. The van der Waals surface area contributed by atoms with Gasteiger partial charge in [-0.3, -0.25) is 14.7 Å². The van der Waals surface area contributed by atoms with Crippen molar-refractivity contribution in [2.24, 2.45) is 5.92 Å². The number of carboxylic acids is 1. The van der Waals surface area contributed by atoms with Gasteiger partial charge in [-0.05, 0) is 24.5 Å². The molecule has 0 aromatic carbocycles. The summed E-state index contributed by atoms with van der Waals surface area (Å²) in [6.45, 7) is 2.47. The molecule has 2 fully saturated rings. The number of pyridine rings is 1. The number of piperidine rings is 1. The van der Waals surface area contributed by atoms with Gasteiger partial charge in [0.25, 0.3) is 0 Å². The summed E-state index contributed by atoms with van der Waals surface area (Å²) in [4.78, 5) is 29.5. The number of carbonyl (C=O) groups excluding carboxylic acids is 1. The Bertz CT molecular complexity index is 670. The quantitative estimate of drug-likeness (QED) is 0.829. The van der Waals surface area contributed by atoms with Crippen molar-refractivity contribution in [3.63, 3.8) is 0 Å². The maximum Gasteiger partial charge on any atom is 0.490 e. The van der Waals surface area contributed by atoms with Crippen molar-refractivity contribution in [1.82, 2.24) is 14.8 Å². The van der Waals surface area contributed by atoms with Crippen molar-refractivity contribution in [1.29, 1.82) is 0 Å². The number of aromatic nitrogens is 1. The van der Waals surface area contributed by atoms with Gasteiger partial charge in [-0.1, -0.05) is 6.07 Å². The molecule has 0 spiro atoms. The molecule has 0 saturated carbocycles. The highest BCUT2D eigenvalue weighted by atomic mass is 19.4. The van der Waals surface area contributed by atoms with Crippen LogP contribution in [0.15, 0.2) is 24.5 Å². The molecule has 3 rings (SSSR count). The van der Waals surface area contributed by atoms with Gasteiger partial charge in [-0.15, -0.1) is 0 Å². The number of carboxylic acid groups (broad SMARTS) is 1. The molecule has 156 valence electrons. The lowest BCUT2D eigenvalue weighted by molar-refractivity contribution is -0.192. The van der Waals surface area contributed by atoms with E-state index in [1.165, 1.54) is 5.56 Å². The number of rotatable bonds is 3. The number of nitrogens with zero attached hydrogens (tertiary/aromatic N) is 3. The lowest BCUT2D eigenvalue weighted by Crippen LogP contribution is -2.52. The molecular formula is C18H24F3N3O4. The Kier molecular flexibility index (Phi) is 7.36. The lowest BCUT2D eigenvalue weighted by atomic mass is 9.89. The molecule has 0 bridgehead atoms. The number of carbonyl (C=O) groups is 2. The van der Waals surface area contributed by atoms with Gasteiger partial charge >= 0.3 is 12.1 Å². The number of ether oxygens (including phenoxy) is 1. The number of alkyl halides is 3. The van der Waals surface area contributed by atoms with E-state index in [4.69, 9.17) is 14.6 Å². The van der Waals surface area contributed by atoms with E-state index in [1.54, 1.807) is 11.1 Å². The van der Waals surface area contributed by atoms with Crippen molar-refractivity contribution in [2.45, 2.75) is 37.7 Å². The average Bonchev–Trinajstić information content (AvgIpc) is 3.10. The van der Waals surface area contributed by atoms with E-state index in [0.29, 0.717) is 6.04 Å². The summed E-state index contributed by atoms with van der Waals surface area (Å²) < 4.78 is 37.6. The zero-order valence-corrected chi connectivity index (χ0v) is 15.7. The monoisotopic (exact) mass is 403 g/mol. The second-order valence-electron chi connectivity index (χ2n) is 7.02. The molecule has 3 heterocycles. The Morgan fingerprint density at radius 2 is 2.07 bits per heavy atom. The Morgan fingerprint density at radius 3 is 2.61 bits per heavy atom. The third-order valence-corrected chi connectivity index (χ3v) is 4.76. The van der Waals surface area contributed by atoms with Crippen LogP contribution in [0.2, 0.25) is 0 Å². The first kappa shape index (κ1) is 22.1. The van der Waals surface area contributed by atoms with Gasteiger partial charge in [-0.25, -0.2) is 4.79 Å². The molecule has 0 radical (unpaired) electrons. The zero-order chi connectivity index (χ0) is 20.9. The summed E-state index contributed by atoms with van der Waals surface area (Å²) in [6.07, 6.45) is 0.727. The van der Waals surface area contributed by atoms with E-state index in [1.807, 2.05) is 26.4 Å². The van der Waals surface area contributed by atoms with E-state index < -0.39 is 12.1 Å². The Morgan fingerprint density at radius 1 is 1.39 bits per heavy atom. The number of fused-ring (bicyclic) bond motifs is 1. The Hall–Kier alpha value is -2.20. The lowest BCUT2D eigenvalue weighted by Gasteiger charge is -2.40. The fourth-order valence-corrected chi connectivity index (χ4v) is 3.51. The molecule has 1 amide bonds. The van der Waals surface area contributed by atoms with E-state index in [-0.39, 0.29) is 17.9 Å². The number of amides is 1. The minimum atomic E-state index is -5.08. The molecule has 0 unspecified atom stereocenters. The van der Waals surface area contributed by atoms with Crippen LogP contribution in [0.4, 0.5) is 13.2 Å². The van der Waals surface area contributed by atoms with Gasteiger partial charge in [-0.2, -0.15) is 13.2 Å². The molecule has 2 aliphatic heterocycles. The number of likely N-dealkylation sites (tertiary alicyclic amines) is 1. The van der Waals surface area contributed by atoms with Gasteiger partial charge in [0.15, 0.2) is 0 Å². The van der Waals surface area contributed by atoms with Crippen molar-refractivity contribution in [3.05, 3.63) is 30.1 Å². The highest BCUT2D eigenvalue weighted by Gasteiger charge is 2.42. The fraction of sp³-hybridized carbons (Fsp3) is 0.611. The Balaban J connectivity index is 0.000000345. The zero-order valence-electron chi connectivity index (χ0n) is 15.7.